The molecule has 0 unspecified atom stereocenters. The Hall–Kier alpha value is -1.94. The number of amides is 1. The third-order valence-corrected chi connectivity index (χ3v) is 2.75. The van der Waals surface area contributed by atoms with Gasteiger partial charge in [-0.2, -0.15) is 0 Å². The molecule has 4 nitrogen and oxygen atoms in total. The van der Waals surface area contributed by atoms with Crippen LogP contribution >= 0.6 is 11.6 Å². The van der Waals surface area contributed by atoms with Crippen LogP contribution in [0.25, 0.3) is 0 Å². The smallest absolute Gasteiger partial charge is 0.287 e. The first kappa shape index (κ1) is 14.5. The minimum absolute atomic E-state index is 0.0707. The fourth-order valence-electron chi connectivity index (χ4n) is 1.60. The minimum Gasteiger partial charge on any atom is -0.486 e. The quantitative estimate of drug-likeness (QED) is 0.915. The van der Waals surface area contributed by atoms with Gasteiger partial charge < -0.3 is 14.5 Å². The van der Waals surface area contributed by atoms with Crippen LogP contribution in [0.1, 0.15) is 30.2 Å². The summed E-state index contributed by atoms with van der Waals surface area (Å²) in [5.41, 5.74) is 0. The average molecular weight is 294 g/mol. The number of hydrogen-bond donors (Lipinski definition) is 1. The molecule has 0 saturated heterocycles. The Morgan fingerprint density at radius 1 is 1.25 bits per heavy atom. The van der Waals surface area contributed by atoms with Gasteiger partial charge in [-0.3, -0.25) is 4.79 Å². The second-order valence-corrected chi connectivity index (χ2v) is 5.07. The molecule has 1 amide bonds. The Morgan fingerprint density at radius 3 is 2.60 bits per heavy atom. The number of hydrogen-bond acceptors (Lipinski definition) is 3. The fraction of sp³-hybridized carbons (Fsp3) is 0.267. The van der Waals surface area contributed by atoms with Crippen molar-refractivity contribution in [2.45, 2.75) is 26.5 Å². The molecule has 0 saturated carbocycles. The van der Waals surface area contributed by atoms with E-state index in [0.29, 0.717) is 16.5 Å². The van der Waals surface area contributed by atoms with E-state index in [2.05, 4.69) is 5.32 Å². The van der Waals surface area contributed by atoms with Crippen LogP contribution in [0.4, 0.5) is 0 Å². The molecule has 0 aliphatic rings. The maximum absolute atomic E-state index is 11.7. The van der Waals surface area contributed by atoms with Crippen LogP contribution in [-0.4, -0.2) is 11.9 Å². The second kappa shape index (κ2) is 6.48. The van der Waals surface area contributed by atoms with Crippen LogP contribution < -0.4 is 10.1 Å². The molecule has 0 atom stereocenters. The van der Waals surface area contributed by atoms with E-state index in [-0.39, 0.29) is 24.3 Å². The van der Waals surface area contributed by atoms with E-state index < -0.39 is 0 Å². The molecule has 106 valence electrons. The lowest BCUT2D eigenvalue weighted by molar-refractivity contribution is 0.0911. The van der Waals surface area contributed by atoms with E-state index in [9.17, 15) is 4.79 Å². The van der Waals surface area contributed by atoms with Crippen molar-refractivity contribution in [1.29, 1.82) is 0 Å². The average Bonchev–Trinajstić information content (AvgIpc) is 2.86. The van der Waals surface area contributed by atoms with Crippen molar-refractivity contribution in [2.24, 2.45) is 0 Å². The van der Waals surface area contributed by atoms with E-state index in [1.165, 1.54) is 0 Å². The summed E-state index contributed by atoms with van der Waals surface area (Å²) < 4.78 is 11.0. The maximum Gasteiger partial charge on any atom is 0.287 e. The fourth-order valence-corrected chi connectivity index (χ4v) is 1.72. The Morgan fingerprint density at radius 2 is 1.95 bits per heavy atom. The summed E-state index contributed by atoms with van der Waals surface area (Å²) in [6.07, 6.45) is 0. The number of benzene rings is 1. The van der Waals surface area contributed by atoms with Crippen molar-refractivity contribution >= 4 is 17.5 Å². The highest BCUT2D eigenvalue weighted by Gasteiger charge is 2.12. The summed E-state index contributed by atoms with van der Waals surface area (Å²) >= 11 is 5.79. The van der Waals surface area contributed by atoms with E-state index >= 15 is 0 Å². The third kappa shape index (κ3) is 4.03. The second-order valence-electron chi connectivity index (χ2n) is 4.64. The van der Waals surface area contributed by atoms with E-state index in [1.54, 1.807) is 36.4 Å². The number of nitrogens with one attached hydrogen (secondary N) is 1. The molecule has 1 N–H and O–H groups in total. The lowest BCUT2D eigenvalue weighted by Gasteiger charge is -2.06. The SMILES string of the molecule is CC(C)NC(=O)c1ccc(COc2ccc(Cl)cc2)o1. The van der Waals surface area contributed by atoms with Crippen LogP contribution in [0.5, 0.6) is 5.75 Å². The molecule has 0 aliphatic carbocycles. The molecule has 1 aromatic heterocycles. The molecule has 2 rings (SSSR count). The normalized spacial score (nSPS) is 10.6. The van der Waals surface area contributed by atoms with Crippen molar-refractivity contribution in [2.75, 3.05) is 0 Å². The third-order valence-electron chi connectivity index (χ3n) is 2.50. The van der Waals surface area contributed by atoms with Gasteiger partial charge in [0.2, 0.25) is 0 Å². The number of rotatable bonds is 5. The number of carbonyl (C=O) groups is 1. The van der Waals surface area contributed by atoms with Gasteiger partial charge in [-0.05, 0) is 50.2 Å². The summed E-state index contributed by atoms with van der Waals surface area (Å²) in [6, 6.07) is 10.5. The Labute approximate surface area is 122 Å². The Balaban J connectivity index is 1.92. The summed E-state index contributed by atoms with van der Waals surface area (Å²) in [6.45, 7) is 4.05. The zero-order valence-corrected chi connectivity index (χ0v) is 12.1. The summed E-state index contributed by atoms with van der Waals surface area (Å²) in [5, 5.41) is 3.42. The van der Waals surface area contributed by atoms with E-state index in [1.807, 2.05) is 13.8 Å². The maximum atomic E-state index is 11.7. The van der Waals surface area contributed by atoms with E-state index in [0.717, 1.165) is 0 Å². The van der Waals surface area contributed by atoms with Gasteiger partial charge in [0.05, 0.1) is 0 Å². The molecule has 1 heterocycles. The first-order valence-corrected chi connectivity index (χ1v) is 6.70. The first-order chi connectivity index (χ1) is 9.54. The monoisotopic (exact) mass is 293 g/mol. The molecule has 5 heteroatoms. The lowest BCUT2D eigenvalue weighted by Crippen LogP contribution is -2.29. The number of halogens is 1. The topological polar surface area (TPSA) is 51.5 Å². The largest absolute Gasteiger partial charge is 0.486 e. The number of furan rings is 1. The van der Waals surface area contributed by atoms with Crippen LogP contribution in [0, 0.1) is 0 Å². The van der Waals surface area contributed by atoms with Gasteiger partial charge >= 0.3 is 0 Å². The van der Waals surface area contributed by atoms with Gasteiger partial charge in [0.25, 0.3) is 5.91 Å². The van der Waals surface area contributed by atoms with Crippen LogP contribution in [0.15, 0.2) is 40.8 Å². The van der Waals surface area contributed by atoms with Crippen LogP contribution in [0.2, 0.25) is 5.02 Å². The molecule has 0 spiro atoms. The molecule has 0 bridgehead atoms. The Kier molecular flexibility index (Phi) is 4.69. The Bertz CT molecular complexity index is 575. The highest BCUT2D eigenvalue weighted by atomic mass is 35.5. The minimum atomic E-state index is -0.224. The van der Waals surface area contributed by atoms with Crippen LogP contribution in [-0.2, 0) is 6.61 Å². The standard InChI is InChI=1S/C15H16ClNO3/c1-10(2)17-15(18)14-8-7-13(20-14)9-19-12-5-3-11(16)4-6-12/h3-8,10H,9H2,1-2H3,(H,17,18). The lowest BCUT2D eigenvalue weighted by atomic mass is 10.3. The summed E-state index contributed by atoms with van der Waals surface area (Å²) in [4.78, 5) is 11.7. The molecule has 1 aromatic carbocycles. The molecule has 0 fully saturated rings. The predicted octanol–water partition coefficient (Wildman–Crippen LogP) is 3.65. The summed E-state index contributed by atoms with van der Waals surface area (Å²) in [5.74, 6) is 1.35. The molecular weight excluding hydrogens is 278 g/mol. The van der Waals surface area contributed by atoms with Crippen molar-refractivity contribution in [1.82, 2.24) is 5.32 Å². The zero-order valence-electron chi connectivity index (χ0n) is 11.4. The molecule has 2 aromatic rings. The van der Waals surface area contributed by atoms with Gasteiger partial charge in [-0.1, -0.05) is 11.6 Å². The zero-order chi connectivity index (χ0) is 14.5. The molecule has 0 radical (unpaired) electrons. The van der Waals surface area contributed by atoms with Crippen molar-refractivity contribution < 1.29 is 13.9 Å². The van der Waals surface area contributed by atoms with Gasteiger partial charge in [-0.15, -0.1) is 0 Å². The first-order valence-electron chi connectivity index (χ1n) is 6.32. The predicted molar refractivity (Wildman–Crippen MR) is 77.1 cm³/mol. The van der Waals surface area contributed by atoms with Crippen molar-refractivity contribution in [3.63, 3.8) is 0 Å². The van der Waals surface area contributed by atoms with E-state index in [4.69, 9.17) is 20.8 Å². The highest BCUT2D eigenvalue weighted by Crippen LogP contribution is 2.17. The summed E-state index contributed by atoms with van der Waals surface area (Å²) in [7, 11) is 0. The van der Waals surface area contributed by atoms with Gasteiger partial charge in [0, 0.05) is 11.1 Å². The molecule has 0 aliphatic heterocycles. The van der Waals surface area contributed by atoms with Crippen LogP contribution in [0.3, 0.4) is 0 Å². The molecular formula is C15H16ClNO3. The van der Waals surface area contributed by atoms with Crippen molar-refractivity contribution in [3.8, 4) is 5.75 Å². The van der Waals surface area contributed by atoms with Gasteiger partial charge in [-0.25, -0.2) is 0 Å². The van der Waals surface area contributed by atoms with Crippen molar-refractivity contribution in [3.05, 3.63) is 52.9 Å². The molecule has 20 heavy (non-hydrogen) atoms. The van der Waals surface area contributed by atoms with Gasteiger partial charge in [0.1, 0.15) is 18.1 Å². The van der Waals surface area contributed by atoms with Gasteiger partial charge in [0.15, 0.2) is 5.76 Å². The number of ether oxygens (including phenoxy) is 1. The highest BCUT2D eigenvalue weighted by molar-refractivity contribution is 6.30. The number of carbonyl (C=O) groups excluding carboxylic acids is 1.